The predicted molar refractivity (Wildman–Crippen MR) is 75.9 cm³/mol. The third-order valence-electron chi connectivity index (χ3n) is 3.82. The number of aryl methyl sites for hydroxylation is 1. The van der Waals surface area contributed by atoms with E-state index in [0.717, 1.165) is 10.0 Å². The smallest absolute Gasteiger partial charge is 0.307 e. The molecule has 0 aliphatic heterocycles. The lowest BCUT2D eigenvalue weighted by molar-refractivity contribution is -0.140. The molecular weight excluding hydrogens is 310 g/mol. The van der Waals surface area contributed by atoms with Gasteiger partial charge in [0.1, 0.15) is 0 Å². The summed E-state index contributed by atoms with van der Waals surface area (Å²) in [6.07, 6.45) is 0. The van der Waals surface area contributed by atoms with Gasteiger partial charge in [0.2, 0.25) is 5.91 Å². The van der Waals surface area contributed by atoms with Gasteiger partial charge in [-0.3, -0.25) is 9.59 Å². The summed E-state index contributed by atoms with van der Waals surface area (Å²) in [5.41, 5.74) is 1.28. The van der Waals surface area contributed by atoms with Crippen LogP contribution in [-0.2, 0) is 9.59 Å². The fourth-order valence-electron chi connectivity index (χ4n) is 2.48. The van der Waals surface area contributed by atoms with Gasteiger partial charge in [-0.05, 0) is 30.0 Å². The zero-order valence-electron chi connectivity index (χ0n) is 11.0. The van der Waals surface area contributed by atoms with E-state index in [9.17, 15) is 9.59 Å². The first-order valence-electron chi connectivity index (χ1n) is 6.05. The summed E-state index contributed by atoms with van der Waals surface area (Å²) in [4.78, 5) is 23.2. The lowest BCUT2D eigenvalue weighted by Crippen LogP contribution is -2.17. The van der Waals surface area contributed by atoms with Gasteiger partial charge >= 0.3 is 5.97 Å². The van der Waals surface area contributed by atoms with Gasteiger partial charge in [-0.15, -0.1) is 0 Å². The van der Waals surface area contributed by atoms with Gasteiger partial charge in [0.25, 0.3) is 0 Å². The third-order valence-corrected chi connectivity index (χ3v) is 4.67. The molecule has 0 spiro atoms. The molecule has 1 saturated carbocycles. The Bertz CT molecular complexity index is 554. The standard InChI is InChI=1S/C14H16BrNO3/c1-7-4-5-8(6-9(7)15)16-12(17)10-11(13(18)19)14(10,2)3/h4-6,10-11H,1-3H3,(H,16,17)(H,18,19). The van der Waals surface area contributed by atoms with Crippen molar-refractivity contribution in [1.29, 1.82) is 0 Å². The summed E-state index contributed by atoms with van der Waals surface area (Å²) < 4.78 is 0.912. The van der Waals surface area contributed by atoms with Crippen molar-refractivity contribution in [1.82, 2.24) is 0 Å². The van der Waals surface area contributed by atoms with E-state index in [1.165, 1.54) is 0 Å². The first kappa shape index (κ1) is 14.1. The van der Waals surface area contributed by atoms with Crippen LogP contribution in [0.2, 0.25) is 0 Å². The minimum absolute atomic E-state index is 0.229. The summed E-state index contributed by atoms with van der Waals surface area (Å²) in [7, 11) is 0. The number of hydrogen-bond acceptors (Lipinski definition) is 2. The molecule has 1 fully saturated rings. The number of amides is 1. The van der Waals surface area contributed by atoms with Crippen molar-refractivity contribution in [3.8, 4) is 0 Å². The van der Waals surface area contributed by atoms with Crippen LogP contribution < -0.4 is 5.32 Å². The molecule has 1 aromatic rings. The normalized spacial score (nSPS) is 23.8. The molecular formula is C14H16BrNO3. The molecule has 102 valence electrons. The number of carboxylic acids is 1. The van der Waals surface area contributed by atoms with Gasteiger partial charge < -0.3 is 10.4 Å². The first-order valence-corrected chi connectivity index (χ1v) is 6.84. The van der Waals surface area contributed by atoms with E-state index in [1.54, 1.807) is 13.8 Å². The average Bonchev–Trinajstić information content (AvgIpc) is 2.87. The number of aliphatic carboxylic acids is 1. The number of benzene rings is 1. The van der Waals surface area contributed by atoms with Crippen LogP contribution in [0.25, 0.3) is 0 Å². The fourth-order valence-corrected chi connectivity index (χ4v) is 2.86. The van der Waals surface area contributed by atoms with Crippen LogP contribution in [0.1, 0.15) is 19.4 Å². The summed E-state index contributed by atoms with van der Waals surface area (Å²) in [5, 5.41) is 11.8. The predicted octanol–water partition coefficient (Wildman–Crippen LogP) is 3.05. The molecule has 0 saturated heterocycles. The molecule has 1 amide bonds. The average molecular weight is 326 g/mol. The molecule has 2 N–H and O–H groups in total. The minimum Gasteiger partial charge on any atom is -0.481 e. The van der Waals surface area contributed by atoms with E-state index in [2.05, 4.69) is 21.2 Å². The van der Waals surface area contributed by atoms with E-state index in [4.69, 9.17) is 5.11 Å². The monoisotopic (exact) mass is 325 g/mol. The van der Waals surface area contributed by atoms with Gasteiger partial charge in [0.05, 0.1) is 11.8 Å². The van der Waals surface area contributed by atoms with Crippen molar-refractivity contribution in [2.24, 2.45) is 17.3 Å². The molecule has 2 atom stereocenters. The molecule has 1 aromatic carbocycles. The number of carbonyl (C=O) groups excluding carboxylic acids is 1. The van der Waals surface area contributed by atoms with Crippen molar-refractivity contribution in [2.45, 2.75) is 20.8 Å². The Morgan fingerprint density at radius 1 is 1.32 bits per heavy atom. The molecule has 0 radical (unpaired) electrons. The largest absolute Gasteiger partial charge is 0.481 e. The Kier molecular flexibility index (Phi) is 3.43. The van der Waals surface area contributed by atoms with Gasteiger partial charge in [-0.25, -0.2) is 0 Å². The maximum Gasteiger partial charge on any atom is 0.307 e. The maximum absolute atomic E-state index is 12.1. The topological polar surface area (TPSA) is 66.4 Å². The van der Waals surface area contributed by atoms with Crippen LogP contribution in [0.15, 0.2) is 22.7 Å². The molecule has 19 heavy (non-hydrogen) atoms. The Hall–Kier alpha value is -1.36. The zero-order chi connectivity index (χ0) is 14.4. The van der Waals surface area contributed by atoms with E-state index in [0.29, 0.717) is 5.69 Å². The van der Waals surface area contributed by atoms with Crippen LogP contribution in [0, 0.1) is 24.2 Å². The van der Waals surface area contributed by atoms with Crippen molar-refractivity contribution < 1.29 is 14.7 Å². The molecule has 2 unspecified atom stereocenters. The number of hydrogen-bond donors (Lipinski definition) is 2. The van der Waals surface area contributed by atoms with Gasteiger partial charge in [-0.1, -0.05) is 35.8 Å². The molecule has 5 heteroatoms. The Morgan fingerprint density at radius 2 is 1.95 bits per heavy atom. The number of carbonyl (C=O) groups is 2. The van der Waals surface area contributed by atoms with Gasteiger partial charge in [-0.2, -0.15) is 0 Å². The highest BCUT2D eigenvalue weighted by molar-refractivity contribution is 9.10. The van der Waals surface area contributed by atoms with Crippen molar-refractivity contribution in [3.63, 3.8) is 0 Å². The zero-order valence-corrected chi connectivity index (χ0v) is 12.6. The van der Waals surface area contributed by atoms with Crippen molar-refractivity contribution in [3.05, 3.63) is 28.2 Å². The molecule has 0 bridgehead atoms. The summed E-state index contributed by atoms with van der Waals surface area (Å²) >= 11 is 3.40. The van der Waals surface area contributed by atoms with Crippen LogP contribution in [-0.4, -0.2) is 17.0 Å². The highest BCUT2D eigenvalue weighted by atomic mass is 79.9. The second-order valence-corrected chi connectivity index (χ2v) is 6.42. The molecule has 0 heterocycles. The first-order chi connectivity index (χ1) is 8.75. The van der Waals surface area contributed by atoms with Crippen LogP contribution in [0.4, 0.5) is 5.69 Å². The Labute approximate surface area is 120 Å². The van der Waals surface area contributed by atoms with E-state index in [1.807, 2.05) is 25.1 Å². The van der Waals surface area contributed by atoms with E-state index < -0.39 is 23.2 Å². The fraction of sp³-hybridized carbons (Fsp3) is 0.429. The highest BCUT2D eigenvalue weighted by Crippen LogP contribution is 2.58. The van der Waals surface area contributed by atoms with E-state index in [-0.39, 0.29) is 5.91 Å². The third kappa shape index (κ3) is 2.52. The summed E-state index contributed by atoms with van der Waals surface area (Å²) in [6, 6.07) is 5.52. The van der Waals surface area contributed by atoms with Crippen molar-refractivity contribution >= 4 is 33.5 Å². The number of anilines is 1. The van der Waals surface area contributed by atoms with Crippen LogP contribution in [0.5, 0.6) is 0 Å². The summed E-state index contributed by atoms with van der Waals surface area (Å²) in [5.74, 6) is -2.20. The molecule has 0 aromatic heterocycles. The van der Waals surface area contributed by atoms with E-state index >= 15 is 0 Å². The lowest BCUT2D eigenvalue weighted by atomic mass is 10.1. The molecule has 2 rings (SSSR count). The number of carboxylic acid groups (broad SMARTS) is 1. The number of nitrogens with one attached hydrogen (secondary N) is 1. The second-order valence-electron chi connectivity index (χ2n) is 5.57. The van der Waals surface area contributed by atoms with Gasteiger partial charge in [0, 0.05) is 10.2 Å². The van der Waals surface area contributed by atoms with Crippen molar-refractivity contribution in [2.75, 3.05) is 5.32 Å². The Morgan fingerprint density at radius 3 is 2.42 bits per heavy atom. The van der Waals surface area contributed by atoms with Crippen LogP contribution >= 0.6 is 15.9 Å². The SMILES string of the molecule is Cc1ccc(NC(=O)C2C(C(=O)O)C2(C)C)cc1Br. The molecule has 1 aliphatic carbocycles. The maximum atomic E-state index is 12.1. The highest BCUT2D eigenvalue weighted by Gasteiger charge is 2.65. The Balaban J connectivity index is 2.10. The number of halogens is 1. The lowest BCUT2D eigenvalue weighted by Gasteiger charge is -2.07. The van der Waals surface area contributed by atoms with Crippen LogP contribution in [0.3, 0.4) is 0 Å². The second kappa shape index (κ2) is 4.63. The molecule has 1 aliphatic rings. The van der Waals surface area contributed by atoms with Gasteiger partial charge in [0.15, 0.2) is 0 Å². The quantitative estimate of drug-likeness (QED) is 0.897. The summed E-state index contributed by atoms with van der Waals surface area (Å²) in [6.45, 7) is 5.57. The molecule has 4 nitrogen and oxygen atoms in total. The minimum atomic E-state index is -0.907. The number of rotatable bonds is 3.